The normalized spacial score (nSPS) is 11.9. The van der Waals surface area contributed by atoms with E-state index in [0.717, 1.165) is 33.5 Å². The molecule has 0 fully saturated rings. The zero-order valence-electron chi connectivity index (χ0n) is 22.0. The Morgan fingerprint density at radius 2 is 1.15 bits per heavy atom. The van der Waals surface area contributed by atoms with Gasteiger partial charge in [0.25, 0.3) is 0 Å². The Labute approximate surface area is 240 Å². The highest BCUT2D eigenvalue weighted by molar-refractivity contribution is 7.25. The maximum absolute atomic E-state index is 5.11. The molecular weight excluding hydrogens is 516 g/mol. The Morgan fingerprint density at radius 3 is 2.02 bits per heavy atom. The molecule has 0 amide bonds. The van der Waals surface area contributed by atoms with E-state index in [1.807, 2.05) is 23.5 Å². The van der Waals surface area contributed by atoms with Crippen molar-refractivity contribution in [3.8, 4) is 22.6 Å². The summed E-state index contributed by atoms with van der Waals surface area (Å²) >= 11 is 1.87. The van der Waals surface area contributed by atoms with Crippen molar-refractivity contribution in [2.24, 2.45) is 0 Å². The van der Waals surface area contributed by atoms with Crippen molar-refractivity contribution in [3.63, 3.8) is 0 Å². The molecule has 0 aliphatic rings. The molecule has 0 unspecified atom stereocenters. The molecule has 0 atom stereocenters. The van der Waals surface area contributed by atoms with Crippen LogP contribution < -0.4 is 0 Å². The zero-order chi connectivity index (χ0) is 26.9. The van der Waals surface area contributed by atoms with Crippen molar-refractivity contribution in [3.05, 3.63) is 133 Å². The zero-order valence-corrected chi connectivity index (χ0v) is 22.8. The maximum atomic E-state index is 5.11. The average Bonchev–Trinajstić information content (AvgIpc) is 3.40. The molecule has 0 saturated carbocycles. The Hall–Kier alpha value is -5.12. The summed E-state index contributed by atoms with van der Waals surface area (Å²) in [5, 5.41) is 11.3. The molecule has 41 heavy (non-hydrogen) atoms. The molecule has 0 spiro atoms. The second kappa shape index (κ2) is 8.69. The summed E-state index contributed by atoms with van der Waals surface area (Å²) in [5.41, 5.74) is 4.03. The van der Waals surface area contributed by atoms with E-state index >= 15 is 0 Å². The van der Waals surface area contributed by atoms with Crippen molar-refractivity contribution < 1.29 is 0 Å². The van der Waals surface area contributed by atoms with Crippen LogP contribution in [0.5, 0.6) is 0 Å². The van der Waals surface area contributed by atoms with Crippen molar-refractivity contribution in [2.45, 2.75) is 0 Å². The van der Waals surface area contributed by atoms with E-state index < -0.39 is 0 Å². The van der Waals surface area contributed by atoms with E-state index in [9.17, 15) is 0 Å². The fraction of sp³-hybridized carbons (Fsp3) is 0. The molecule has 2 nitrogen and oxygen atoms in total. The van der Waals surface area contributed by atoms with Crippen LogP contribution in [-0.2, 0) is 0 Å². The van der Waals surface area contributed by atoms with Gasteiger partial charge in [-0.1, -0.05) is 103 Å². The van der Waals surface area contributed by atoms with E-state index in [2.05, 4.69) is 121 Å². The summed E-state index contributed by atoms with van der Waals surface area (Å²) in [6.07, 6.45) is 0. The molecular formula is C38H22N2S. The highest BCUT2D eigenvalue weighted by Gasteiger charge is 2.14. The summed E-state index contributed by atoms with van der Waals surface area (Å²) in [5.74, 6) is 0.745. The standard InChI is InChI=1S/C38H22N2S/c1-2-8-24(9-3-1)37-30-11-4-6-12-33(30)39-38(40-37)27-18-19-28-25(20-27)16-14-23-15-17-26-21-32-29-10-5-7-13-34(29)41-35(32)22-31(26)36(23)28/h1-22H. The Balaban J connectivity index is 1.28. The van der Waals surface area contributed by atoms with Gasteiger partial charge in [-0.2, -0.15) is 0 Å². The molecule has 190 valence electrons. The lowest BCUT2D eigenvalue weighted by Crippen LogP contribution is -1.95. The minimum atomic E-state index is 0.745. The molecule has 9 rings (SSSR count). The van der Waals surface area contributed by atoms with Crippen molar-refractivity contribution in [2.75, 3.05) is 0 Å². The van der Waals surface area contributed by atoms with Crippen LogP contribution >= 0.6 is 11.3 Å². The monoisotopic (exact) mass is 538 g/mol. The van der Waals surface area contributed by atoms with Crippen molar-refractivity contribution in [1.29, 1.82) is 0 Å². The van der Waals surface area contributed by atoms with Crippen LogP contribution in [0.15, 0.2) is 133 Å². The van der Waals surface area contributed by atoms with Crippen LogP contribution in [0.1, 0.15) is 0 Å². The molecule has 0 aliphatic carbocycles. The number of rotatable bonds is 2. The quantitative estimate of drug-likeness (QED) is 0.205. The van der Waals surface area contributed by atoms with Crippen LogP contribution in [0.25, 0.3) is 86.0 Å². The smallest absolute Gasteiger partial charge is 0.160 e. The lowest BCUT2D eigenvalue weighted by atomic mass is 9.94. The minimum Gasteiger partial charge on any atom is -0.228 e. The fourth-order valence-electron chi connectivity index (χ4n) is 6.27. The van der Waals surface area contributed by atoms with Gasteiger partial charge in [0.1, 0.15) is 0 Å². The predicted octanol–water partition coefficient (Wildman–Crippen LogP) is 10.8. The van der Waals surface area contributed by atoms with Crippen LogP contribution in [0, 0.1) is 0 Å². The molecule has 2 aromatic heterocycles. The van der Waals surface area contributed by atoms with Gasteiger partial charge in [0.2, 0.25) is 0 Å². The molecule has 7 aromatic carbocycles. The van der Waals surface area contributed by atoms with Crippen LogP contribution in [0.2, 0.25) is 0 Å². The molecule has 0 bridgehead atoms. The van der Waals surface area contributed by atoms with E-state index in [4.69, 9.17) is 9.97 Å². The van der Waals surface area contributed by atoms with Gasteiger partial charge in [-0.05, 0) is 62.6 Å². The van der Waals surface area contributed by atoms with E-state index in [0.29, 0.717) is 0 Å². The topological polar surface area (TPSA) is 25.8 Å². The predicted molar refractivity (Wildman–Crippen MR) is 176 cm³/mol. The SMILES string of the molecule is c1ccc(-c2nc(-c3ccc4c(ccc5ccc6cc7c(cc6c54)sc4ccccc47)c3)nc3ccccc23)cc1. The summed E-state index contributed by atoms with van der Waals surface area (Å²) in [4.78, 5) is 10.1. The number of thiophene rings is 1. The van der Waals surface area contributed by atoms with Gasteiger partial charge >= 0.3 is 0 Å². The number of para-hydroxylation sites is 1. The molecule has 0 radical (unpaired) electrons. The van der Waals surface area contributed by atoms with Crippen molar-refractivity contribution >= 4 is 74.7 Å². The molecule has 0 N–H and O–H groups in total. The summed E-state index contributed by atoms with van der Waals surface area (Å²) in [6, 6.07) is 47.8. The first kappa shape index (κ1) is 22.7. The third-order valence-corrected chi connectivity index (χ3v) is 9.35. The van der Waals surface area contributed by atoms with Gasteiger partial charge in [-0.15, -0.1) is 11.3 Å². The summed E-state index contributed by atoms with van der Waals surface area (Å²) < 4.78 is 2.67. The lowest BCUT2D eigenvalue weighted by molar-refractivity contribution is 1.23. The molecule has 0 aliphatic heterocycles. The van der Waals surface area contributed by atoms with Crippen LogP contribution in [-0.4, -0.2) is 9.97 Å². The first-order chi connectivity index (χ1) is 20.3. The lowest BCUT2D eigenvalue weighted by Gasteiger charge is -2.12. The number of hydrogen-bond acceptors (Lipinski definition) is 3. The molecule has 3 heteroatoms. The first-order valence-corrected chi connectivity index (χ1v) is 14.6. The van der Waals surface area contributed by atoms with Gasteiger partial charge in [-0.3, -0.25) is 0 Å². The van der Waals surface area contributed by atoms with E-state index in [1.54, 1.807) is 0 Å². The Kier molecular flexibility index (Phi) is 4.80. The second-order valence-electron chi connectivity index (χ2n) is 10.6. The number of fused-ring (bicyclic) bond motifs is 9. The van der Waals surface area contributed by atoms with Gasteiger partial charge in [0.05, 0.1) is 11.2 Å². The summed E-state index contributed by atoms with van der Waals surface area (Å²) in [6.45, 7) is 0. The number of benzene rings is 7. The second-order valence-corrected chi connectivity index (χ2v) is 11.7. The van der Waals surface area contributed by atoms with Crippen LogP contribution in [0.4, 0.5) is 0 Å². The Bertz CT molecular complexity index is 2470. The highest BCUT2D eigenvalue weighted by Crippen LogP contribution is 2.40. The molecule has 2 heterocycles. The fourth-order valence-corrected chi connectivity index (χ4v) is 7.40. The average molecular weight is 539 g/mol. The number of hydrogen-bond donors (Lipinski definition) is 0. The summed E-state index contributed by atoms with van der Waals surface area (Å²) in [7, 11) is 0. The largest absolute Gasteiger partial charge is 0.228 e. The van der Waals surface area contributed by atoms with Gasteiger partial charge in [0.15, 0.2) is 5.82 Å². The van der Waals surface area contributed by atoms with Gasteiger partial charge in [-0.25, -0.2) is 9.97 Å². The number of aromatic nitrogens is 2. The van der Waals surface area contributed by atoms with E-state index in [1.165, 1.54) is 52.5 Å². The first-order valence-electron chi connectivity index (χ1n) is 13.8. The van der Waals surface area contributed by atoms with Gasteiger partial charge < -0.3 is 0 Å². The van der Waals surface area contributed by atoms with Crippen LogP contribution in [0.3, 0.4) is 0 Å². The highest BCUT2D eigenvalue weighted by atomic mass is 32.1. The minimum absolute atomic E-state index is 0.745. The Morgan fingerprint density at radius 1 is 0.415 bits per heavy atom. The third kappa shape index (κ3) is 3.49. The maximum Gasteiger partial charge on any atom is 0.160 e. The van der Waals surface area contributed by atoms with Gasteiger partial charge in [0, 0.05) is 36.7 Å². The third-order valence-electron chi connectivity index (χ3n) is 8.22. The van der Waals surface area contributed by atoms with E-state index in [-0.39, 0.29) is 0 Å². The number of nitrogens with zero attached hydrogens (tertiary/aromatic N) is 2. The molecule has 0 saturated heterocycles. The molecule has 9 aromatic rings. The van der Waals surface area contributed by atoms with Crippen molar-refractivity contribution in [1.82, 2.24) is 9.97 Å².